The Bertz CT molecular complexity index is 204. The van der Waals surface area contributed by atoms with E-state index >= 15 is 0 Å². The predicted molar refractivity (Wildman–Crippen MR) is 60.7 cm³/mol. The summed E-state index contributed by atoms with van der Waals surface area (Å²) in [4.78, 5) is 2.35. The smallest absolute Gasteiger partial charge is 0.102 e. The van der Waals surface area contributed by atoms with Crippen molar-refractivity contribution in [2.75, 3.05) is 26.3 Å². The molecule has 0 radical (unpaired) electrons. The maximum absolute atomic E-state index is 12.5. The van der Waals surface area contributed by atoms with Crippen LogP contribution in [0.2, 0.25) is 0 Å². The summed E-state index contributed by atoms with van der Waals surface area (Å²) in [6.45, 7) is 6.97. The first kappa shape index (κ1) is 11.3. The van der Waals surface area contributed by atoms with Gasteiger partial charge in [-0.3, -0.25) is 4.90 Å². The Morgan fingerprint density at radius 1 is 1.40 bits per heavy atom. The maximum atomic E-state index is 12.5. The molecular formula is C12H23FN2. The van der Waals surface area contributed by atoms with Gasteiger partial charge in [0, 0.05) is 31.7 Å². The molecule has 2 aliphatic rings. The molecule has 0 amide bonds. The Labute approximate surface area is 92.2 Å². The summed E-state index contributed by atoms with van der Waals surface area (Å²) in [5.41, 5.74) is 0. The highest BCUT2D eigenvalue weighted by Crippen LogP contribution is 2.34. The van der Waals surface area contributed by atoms with Gasteiger partial charge in [0.25, 0.3) is 0 Å². The standard InChI is InChI=1S/C12H23FN2/c1-9(2)12-7-14-11(10-3-4-10)8-15(12)6-5-13/h9-12,14H,3-8H2,1-2H3. The van der Waals surface area contributed by atoms with Gasteiger partial charge < -0.3 is 5.32 Å². The van der Waals surface area contributed by atoms with E-state index in [4.69, 9.17) is 0 Å². The first-order chi connectivity index (χ1) is 7.22. The van der Waals surface area contributed by atoms with E-state index in [1.165, 1.54) is 12.8 Å². The van der Waals surface area contributed by atoms with Crippen LogP contribution in [0.15, 0.2) is 0 Å². The van der Waals surface area contributed by atoms with Crippen molar-refractivity contribution < 1.29 is 4.39 Å². The summed E-state index contributed by atoms with van der Waals surface area (Å²) in [5.74, 6) is 1.49. The topological polar surface area (TPSA) is 15.3 Å². The third-order valence-electron chi connectivity index (χ3n) is 3.82. The van der Waals surface area contributed by atoms with Crippen LogP contribution in [0.25, 0.3) is 0 Å². The molecule has 1 saturated carbocycles. The summed E-state index contributed by atoms with van der Waals surface area (Å²) < 4.78 is 12.5. The highest BCUT2D eigenvalue weighted by molar-refractivity contribution is 4.95. The average molecular weight is 214 g/mol. The van der Waals surface area contributed by atoms with Crippen LogP contribution in [0.1, 0.15) is 26.7 Å². The fraction of sp³-hybridized carbons (Fsp3) is 1.00. The molecule has 2 atom stereocenters. The molecule has 1 heterocycles. The molecule has 2 unspecified atom stereocenters. The van der Waals surface area contributed by atoms with E-state index < -0.39 is 0 Å². The van der Waals surface area contributed by atoms with E-state index in [0.29, 0.717) is 24.5 Å². The third kappa shape index (κ3) is 2.70. The lowest BCUT2D eigenvalue weighted by Crippen LogP contribution is -2.59. The normalized spacial score (nSPS) is 33.6. The van der Waals surface area contributed by atoms with Crippen molar-refractivity contribution in [3.05, 3.63) is 0 Å². The number of hydrogen-bond donors (Lipinski definition) is 1. The molecular weight excluding hydrogens is 191 g/mol. The van der Waals surface area contributed by atoms with Gasteiger partial charge in [-0.2, -0.15) is 0 Å². The molecule has 15 heavy (non-hydrogen) atoms. The van der Waals surface area contributed by atoms with Crippen LogP contribution in [0.4, 0.5) is 4.39 Å². The molecule has 2 rings (SSSR count). The minimum absolute atomic E-state index is 0.208. The van der Waals surface area contributed by atoms with Crippen molar-refractivity contribution in [2.45, 2.75) is 38.8 Å². The first-order valence-electron chi connectivity index (χ1n) is 6.25. The highest BCUT2D eigenvalue weighted by atomic mass is 19.1. The van der Waals surface area contributed by atoms with Gasteiger partial charge >= 0.3 is 0 Å². The van der Waals surface area contributed by atoms with Crippen LogP contribution in [0.3, 0.4) is 0 Å². The molecule has 88 valence electrons. The monoisotopic (exact) mass is 214 g/mol. The van der Waals surface area contributed by atoms with Gasteiger partial charge in [0.05, 0.1) is 0 Å². The van der Waals surface area contributed by atoms with E-state index in [2.05, 4.69) is 24.1 Å². The fourth-order valence-corrected chi connectivity index (χ4v) is 2.69. The van der Waals surface area contributed by atoms with Gasteiger partial charge in [0.1, 0.15) is 6.67 Å². The molecule has 1 aliphatic heterocycles. The molecule has 0 bridgehead atoms. The first-order valence-corrected chi connectivity index (χ1v) is 6.25. The molecule has 3 heteroatoms. The van der Waals surface area contributed by atoms with Crippen molar-refractivity contribution in [3.63, 3.8) is 0 Å². The van der Waals surface area contributed by atoms with Gasteiger partial charge in [-0.15, -0.1) is 0 Å². The van der Waals surface area contributed by atoms with Crippen molar-refractivity contribution >= 4 is 0 Å². The lowest BCUT2D eigenvalue weighted by molar-refractivity contribution is 0.0859. The van der Waals surface area contributed by atoms with Crippen LogP contribution in [-0.4, -0.2) is 43.3 Å². The number of hydrogen-bond acceptors (Lipinski definition) is 2. The van der Waals surface area contributed by atoms with Gasteiger partial charge in [0.2, 0.25) is 0 Å². The zero-order chi connectivity index (χ0) is 10.8. The Morgan fingerprint density at radius 3 is 2.67 bits per heavy atom. The number of rotatable bonds is 4. The van der Waals surface area contributed by atoms with E-state index in [-0.39, 0.29) is 6.67 Å². The fourth-order valence-electron chi connectivity index (χ4n) is 2.69. The molecule has 0 aromatic heterocycles. The quantitative estimate of drug-likeness (QED) is 0.765. The average Bonchev–Trinajstić information content (AvgIpc) is 3.01. The lowest BCUT2D eigenvalue weighted by atomic mass is 9.97. The summed E-state index contributed by atoms with van der Waals surface area (Å²) in [6.07, 6.45) is 2.74. The summed E-state index contributed by atoms with van der Waals surface area (Å²) in [6, 6.07) is 1.15. The number of alkyl halides is 1. The van der Waals surface area contributed by atoms with Gasteiger partial charge in [-0.25, -0.2) is 4.39 Å². The van der Waals surface area contributed by atoms with Crippen LogP contribution in [0.5, 0.6) is 0 Å². The zero-order valence-electron chi connectivity index (χ0n) is 9.88. The SMILES string of the molecule is CC(C)C1CNC(C2CC2)CN1CCF. The van der Waals surface area contributed by atoms with Gasteiger partial charge in [0.15, 0.2) is 0 Å². The number of nitrogens with one attached hydrogen (secondary N) is 1. The maximum Gasteiger partial charge on any atom is 0.102 e. The lowest BCUT2D eigenvalue weighted by Gasteiger charge is -2.42. The van der Waals surface area contributed by atoms with Crippen molar-refractivity contribution in [3.8, 4) is 0 Å². The second-order valence-corrected chi connectivity index (χ2v) is 5.35. The van der Waals surface area contributed by atoms with Crippen molar-refractivity contribution in [1.82, 2.24) is 10.2 Å². The predicted octanol–water partition coefficient (Wildman–Crippen LogP) is 1.66. The van der Waals surface area contributed by atoms with Crippen LogP contribution >= 0.6 is 0 Å². The van der Waals surface area contributed by atoms with Crippen LogP contribution < -0.4 is 5.32 Å². The van der Waals surface area contributed by atoms with Crippen molar-refractivity contribution in [2.24, 2.45) is 11.8 Å². The molecule has 0 aromatic rings. The molecule has 0 aromatic carbocycles. The van der Waals surface area contributed by atoms with Gasteiger partial charge in [-0.1, -0.05) is 13.8 Å². The van der Waals surface area contributed by atoms with Crippen LogP contribution in [-0.2, 0) is 0 Å². The zero-order valence-corrected chi connectivity index (χ0v) is 9.88. The summed E-state index contributed by atoms with van der Waals surface area (Å²) in [5, 5.41) is 3.64. The van der Waals surface area contributed by atoms with Gasteiger partial charge in [-0.05, 0) is 24.7 Å². The second kappa shape index (κ2) is 4.79. The molecule has 0 spiro atoms. The van der Waals surface area contributed by atoms with E-state index in [1.54, 1.807) is 0 Å². The Kier molecular flexibility index (Phi) is 3.62. The minimum atomic E-state index is -0.208. The Morgan fingerprint density at radius 2 is 2.13 bits per heavy atom. The minimum Gasteiger partial charge on any atom is -0.311 e. The molecule has 1 aliphatic carbocycles. The Balaban J connectivity index is 1.91. The highest BCUT2D eigenvalue weighted by Gasteiger charge is 2.37. The van der Waals surface area contributed by atoms with Crippen molar-refractivity contribution in [1.29, 1.82) is 0 Å². The summed E-state index contributed by atoms with van der Waals surface area (Å²) in [7, 11) is 0. The Hall–Kier alpha value is -0.150. The number of piperazine rings is 1. The molecule has 1 N–H and O–H groups in total. The van der Waals surface area contributed by atoms with E-state index in [1.807, 2.05) is 0 Å². The largest absolute Gasteiger partial charge is 0.311 e. The second-order valence-electron chi connectivity index (χ2n) is 5.35. The molecule has 2 nitrogen and oxygen atoms in total. The number of nitrogens with zero attached hydrogens (tertiary/aromatic N) is 1. The third-order valence-corrected chi connectivity index (χ3v) is 3.82. The van der Waals surface area contributed by atoms with Crippen LogP contribution in [0, 0.1) is 11.8 Å². The molecule has 1 saturated heterocycles. The number of halogens is 1. The summed E-state index contributed by atoms with van der Waals surface area (Å²) >= 11 is 0. The van der Waals surface area contributed by atoms with E-state index in [9.17, 15) is 4.39 Å². The molecule has 2 fully saturated rings. The van der Waals surface area contributed by atoms with E-state index in [0.717, 1.165) is 19.0 Å².